The van der Waals surface area contributed by atoms with Crippen molar-refractivity contribution in [2.75, 3.05) is 11.9 Å². The minimum atomic E-state index is -0.895. The molecule has 0 heterocycles. The molecule has 7 heteroatoms. The topological polar surface area (TPSA) is 87.7 Å². The van der Waals surface area contributed by atoms with E-state index in [2.05, 4.69) is 17.6 Å². The molecule has 3 atom stereocenters. The van der Waals surface area contributed by atoms with Crippen LogP contribution in [0.15, 0.2) is 66.7 Å². The number of anilines is 1. The lowest BCUT2D eigenvalue weighted by Gasteiger charge is -2.36. The number of aryl methyl sites for hydroxylation is 1. The van der Waals surface area contributed by atoms with E-state index in [1.165, 1.54) is 0 Å². The predicted octanol–water partition coefficient (Wildman–Crippen LogP) is 7.65. The number of fused-ring (bicyclic) bond motifs is 1. The first kappa shape index (κ1) is 32.6. The average molecular weight is 574 g/mol. The number of amides is 3. The Kier molecular flexibility index (Phi) is 11.5. The number of benzene rings is 3. The minimum Gasteiger partial charge on any atom is -0.444 e. The van der Waals surface area contributed by atoms with Crippen molar-refractivity contribution in [3.63, 3.8) is 0 Å². The Morgan fingerprint density at radius 3 is 2.17 bits per heavy atom. The van der Waals surface area contributed by atoms with Crippen LogP contribution in [0.4, 0.5) is 10.5 Å². The van der Waals surface area contributed by atoms with E-state index in [0.29, 0.717) is 25.1 Å². The normalized spacial score (nSPS) is 13.6. The van der Waals surface area contributed by atoms with Crippen molar-refractivity contribution in [3.8, 4) is 0 Å². The van der Waals surface area contributed by atoms with Gasteiger partial charge in [0.05, 0.1) is 0 Å². The van der Waals surface area contributed by atoms with E-state index in [1.807, 2.05) is 87.5 Å². The molecule has 3 amide bonds. The number of carbonyl (C=O) groups excluding carboxylic acids is 3. The first-order chi connectivity index (χ1) is 20.0. The molecule has 0 fully saturated rings. The molecule has 3 unspecified atom stereocenters. The molecule has 7 nitrogen and oxygen atoms in total. The zero-order valence-electron chi connectivity index (χ0n) is 26.2. The van der Waals surface area contributed by atoms with Crippen LogP contribution in [0.2, 0.25) is 0 Å². The fourth-order valence-electron chi connectivity index (χ4n) is 4.88. The fraction of sp³-hybridized carbons (Fsp3) is 0.457. The number of ether oxygens (including phenoxy) is 1. The summed E-state index contributed by atoms with van der Waals surface area (Å²) in [5.41, 5.74) is 1.80. The molecule has 0 saturated carbocycles. The Morgan fingerprint density at radius 2 is 1.57 bits per heavy atom. The first-order valence-corrected chi connectivity index (χ1v) is 15.2. The molecule has 3 aromatic carbocycles. The number of alkyl carbamates (subject to hydrolysis) is 1. The van der Waals surface area contributed by atoms with Gasteiger partial charge in [-0.2, -0.15) is 0 Å². The van der Waals surface area contributed by atoms with Gasteiger partial charge in [-0.05, 0) is 73.6 Å². The zero-order valence-corrected chi connectivity index (χ0v) is 26.2. The van der Waals surface area contributed by atoms with Crippen molar-refractivity contribution in [1.82, 2.24) is 10.2 Å². The van der Waals surface area contributed by atoms with Crippen LogP contribution in [-0.2, 0) is 20.7 Å². The molecule has 0 aliphatic carbocycles. The largest absolute Gasteiger partial charge is 0.444 e. The Morgan fingerprint density at radius 1 is 0.905 bits per heavy atom. The second-order valence-electron chi connectivity index (χ2n) is 11.9. The van der Waals surface area contributed by atoms with Crippen molar-refractivity contribution in [2.24, 2.45) is 5.92 Å². The maximum Gasteiger partial charge on any atom is 0.408 e. The first-order valence-electron chi connectivity index (χ1n) is 15.2. The number of hydrogen-bond donors (Lipinski definition) is 2. The van der Waals surface area contributed by atoms with Crippen LogP contribution in [0.5, 0.6) is 0 Å². The molecule has 0 radical (unpaired) electrons. The van der Waals surface area contributed by atoms with E-state index in [0.717, 1.165) is 34.7 Å². The molecule has 226 valence electrons. The summed E-state index contributed by atoms with van der Waals surface area (Å²) in [7, 11) is 0. The van der Waals surface area contributed by atoms with Gasteiger partial charge in [0.1, 0.15) is 17.7 Å². The molecule has 0 spiro atoms. The van der Waals surface area contributed by atoms with Crippen molar-refractivity contribution >= 4 is 34.4 Å². The minimum absolute atomic E-state index is 0.180. The van der Waals surface area contributed by atoms with Gasteiger partial charge in [-0.15, -0.1) is 0 Å². The van der Waals surface area contributed by atoms with Crippen molar-refractivity contribution in [2.45, 2.75) is 91.8 Å². The SMILES string of the molecule is CCCCN(C(=O)C(NC(=O)OC(C)(C)C)C(C)CC)C(C(=O)Nc1ccc2ccccc2c1)c1ccc(CC)cc1. The van der Waals surface area contributed by atoms with Gasteiger partial charge in [0, 0.05) is 12.2 Å². The molecule has 0 aliphatic heterocycles. The van der Waals surface area contributed by atoms with Gasteiger partial charge in [0.2, 0.25) is 5.91 Å². The van der Waals surface area contributed by atoms with Crippen LogP contribution in [-0.4, -0.2) is 41.0 Å². The van der Waals surface area contributed by atoms with Crippen LogP contribution in [0.3, 0.4) is 0 Å². The Balaban J connectivity index is 2.04. The standard InChI is InChI=1S/C35H47N3O4/c1-8-11-22-38(33(40)30(24(4)9-2)37-34(41)42-35(5,6)7)31(27-18-16-25(10-3)17-19-27)32(39)36-29-21-20-26-14-12-13-15-28(26)23-29/h12-21,23-24,30-31H,8-11,22H2,1-7H3,(H,36,39)(H,37,41). The second-order valence-corrected chi connectivity index (χ2v) is 11.9. The highest BCUT2D eigenvalue weighted by molar-refractivity contribution is 6.00. The number of unbranched alkanes of at least 4 members (excludes halogenated alkanes) is 1. The quantitative estimate of drug-likeness (QED) is 0.233. The van der Waals surface area contributed by atoms with Gasteiger partial charge in [-0.25, -0.2) is 4.79 Å². The number of carbonyl (C=O) groups is 3. The number of rotatable bonds is 12. The molecule has 2 N–H and O–H groups in total. The predicted molar refractivity (Wildman–Crippen MR) is 170 cm³/mol. The summed E-state index contributed by atoms with van der Waals surface area (Å²) in [6.45, 7) is 13.8. The third kappa shape index (κ3) is 8.81. The maximum atomic E-state index is 14.4. The smallest absolute Gasteiger partial charge is 0.408 e. The lowest BCUT2D eigenvalue weighted by atomic mass is 9.95. The zero-order chi connectivity index (χ0) is 30.9. The molecule has 0 bridgehead atoms. The summed E-state index contributed by atoms with van der Waals surface area (Å²) < 4.78 is 5.51. The van der Waals surface area contributed by atoms with Gasteiger partial charge < -0.3 is 20.3 Å². The molecule has 3 aromatic rings. The number of hydrogen-bond acceptors (Lipinski definition) is 4. The highest BCUT2D eigenvalue weighted by atomic mass is 16.6. The molecular weight excluding hydrogens is 526 g/mol. The van der Waals surface area contributed by atoms with Crippen molar-refractivity contribution in [3.05, 3.63) is 77.9 Å². The van der Waals surface area contributed by atoms with Crippen LogP contribution in [0.25, 0.3) is 10.8 Å². The fourth-order valence-corrected chi connectivity index (χ4v) is 4.88. The lowest BCUT2D eigenvalue weighted by Crippen LogP contribution is -2.55. The summed E-state index contributed by atoms with van der Waals surface area (Å²) in [5.74, 6) is -0.790. The molecule has 0 aliphatic rings. The monoisotopic (exact) mass is 573 g/mol. The molecular formula is C35H47N3O4. The van der Waals surface area contributed by atoms with Crippen LogP contribution in [0, 0.1) is 5.92 Å². The second kappa shape index (κ2) is 14.9. The third-order valence-corrected chi connectivity index (χ3v) is 7.47. The Bertz CT molecular complexity index is 1350. The summed E-state index contributed by atoms with van der Waals surface area (Å²) >= 11 is 0. The van der Waals surface area contributed by atoms with E-state index in [9.17, 15) is 14.4 Å². The Hall–Kier alpha value is -3.87. The average Bonchev–Trinajstić information content (AvgIpc) is 2.96. The molecule has 42 heavy (non-hydrogen) atoms. The van der Waals surface area contributed by atoms with E-state index < -0.39 is 23.8 Å². The third-order valence-electron chi connectivity index (χ3n) is 7.47. The van der Waals surface area contributed by atoms with Gasteiger partial charge in [-0.3, -0.25) is 9.59 Å². The lowest BCUT2D eigenvalue weighted by molar-refractivity contribution is -0.142. The number of nitrogens with zero attached hydrogens (tertiary/aromatic N) is 1. The summed E-state index contributed by atoms with van der Waals surface area (Å²) in [6, 6.07) is 19.9. The van der Waals surface area contributed by atoms with Gasteiger partial charge in [0.25, 0.3) is 5.91 Å². The number of nitrogens with one attached hydrogen (secondary N) is 2. The molecule has 0 saturated heterocycles. The van der Waals surface area contributed by atoms with E-state index >= 15 is 0 Å². The van der Waals surface area contributed by atoms with E-state index in [4.69, 9.17) is 4.74 Å². The van der Waals surface area contributed by atoms with Crippen molar-refractivity contribution < 1.29 is 19.1 Å². The maximum absolute atomic E-state index is 14.4. The van der Waals surface area contributed by atoms with Crippen molar-refractivity contribution in [1.29, 1.82) is 0 Å². The van der Waals surface area contributed by atoms with E-state index in [1.54, 1.807) is 25.7 Å². The summed E-state index contributed by atoms with van der Waals surface area (Å²) in [6.07, 6.45) is 2.42. The van der Waals surface area contributed by atoms with Gasteiger partial charge in [-0.1, -0.05) is 95.1 Å². The van der Waals surface area contributed by atoms with E-state index in [-0.39, 0.29) is 17.7 Å². The summed E-state index contributed by atoms with van der Waals surface area (Å²) in [4.78, 5) is 43.0. The highest BCUT2D eigenvalue weighted by Gasteiger charge is 2.38. The Labute approximate surface area is 251 Å². The van der Waals surface area contributed by atoms with Crippen LogP contribution in [0.1, 0.15) is 84.9 Å². The van der Waals surface area contributed by atoms with Crippen LogP contribution < -0.4 is 10.6 Å². The van der Waals surface area contributed by atoms with Gasteiger partial charge in [0.15, 0.2) is 0 Å². The van der Waals surface area contributed by atoms with Gasteiger partial charge >= 0.3 is 6.09 Å². The summed E-state index contributed by atoms with van der Waals surface area (Å²) in [5, 5.41) is 8.00. The molecule has 3 rings (SSSR count). The van der Waals surface area contributed by atoms with Crippen LogP contribution >= 0.6 is 0 Å². The molecule has 0 aromatic heterocycles. The highest BCUT2D eigenvalue weighted by Crippen LogP contribution is 2.28.